The summed E-state index contributed by atoms with van der Waals surface area (Å²) in [4.78, 5) is 20.7. The van der Waals surface area contributed by atoms with E-state index in [1.165, 1.54) is 7.11 Å². The van der Waals surface area contributed by atoms with Crippen molar-refractivity contribution in [1.82, 2.24) is 15.3 Å². The summed E-state index contributed by atoms with van der Waals surface area (Å²) in [7, 11) is 1.48. The van der Waals surface area contributed by atoms with Crippen LogP contribution in [-0.4, -0.2) is 29.5 Å². The fourth-order valence-electron chi connectivity index (χ4n) is 2.22. The van der Waals surface area contributed by atoms with E-state index < -0.39 is 0 Å². The van der Waals surface area contributed by atoms with Crippen LogP contribution in [0.1, 0.15) is 16.4 Å². The van der Waals surface area contributed by atoms with E-state index in [0.717, 1.165) is 11.3 Å². The molecular weight excluding hydrogens is 306 g/mol. The van der Waals surface area contributed by atoms with E-state index in [1.807, 2.05) is 36.4 Å². The standard InChI is InChI=1S/C18H17N3O3/c1-23-17-8-7-15(24-17)18(22)20-12-10-16-19-11-9-14(21-16)13-5-3-2-4-6-13/h2-9,11H,10,12H2,1H3,(H,20,22). The van der Waals surface area contributed by atoms with Crippen molar-refractivity contribution in [1.29, 1.82) is 0 Å². The lowest BCUT2D eigenvalue weighted by Gasteiger charge is -2.05. The van der Waals surface area contributed by atoms with Crippen LogP contribution in [0.3, 0.4) is 0 Å². The van der Waals surface area contributed by atoms with Gasteiger partial charge in [0.15, 0.2) is 5.76 Å². The number of ether oxygens (including phenoxy) is 1. The van der Waals surface area contributed by atoms with Gasteiger partial charge in [0.05, 0.1) is 12.8 Å². The lowest BCUT2D eigenvalue weighted by molar-refractivity contribution is 0.0920. The number of amides is 1. The zero-order valence-electron chi connectivity index (χ0n) is 13.2. The highest BCUT2D eigenvalue weighted by Crippen LogP contribution is 2.16. The van der Waals surface area contributed by atoms with Crippen molar-refractivity contribution in [3.63, 3.8) is 0 Å². The van der Waals surface area contributed by atoms with Gasteiger partial charge in [0, 0.05) is 30.8 Å². The first-order valence-electron chi connectivity index (χ1n) is 7.55. The average Bonchev–Trinajstić information content (AvgIpc) is 3.12. The predicted octanol–water partition coefficient (Wildman–Crippen LogP) is 2.72. The van der Waals surface area contributed by atoms with E-state index in [-0.39, 0.29) is 11.7 Å². The SMILES string of the molecule is COc1ccc(C(=O)NCCc2nccc(-c3ccccc3)n2)o1. The summed E-state index contributed by atoms with van der Waals surface area (Å²) in [5, 5.41) is 2.78. The Labute approximate surface area is 139 Å². The van der Waals surface area contributed by atoms with Crippen molar-refractivity contribution >= 4 is 5.91 Å². The second kappa shape index (κ2) is 7.41. The molecule has 0 saturated carbocycles. The summed E-state index contributed by atoms with van der Waals surface area (Å²) in [6, 6.07) is 14.9. The highest BCUT2D eigenvalue weighted by atomic mass is 16.6. The Hall–Kier alpha value is -3.15. The highest BCUT2D eigenvalue weighted by molar-refractivity contribution is 5.91. The normalized spacial score (nSPS) is 10.4. The molecule has 3 aromatic rings. The van der Waals surface area contributed by atoms with Gasteiger partial charge in [-0.1, -0.05) is 30.3 Å². The molecule has 1 aromatic carbocycles. The molecule has 0 aliphatic rings. The van der Waals surface area contributed by atoms with Gasteiger partial charge in [-0.05, 0) is 12.1 Å². The molecule has 0 unspecified atom stereocenters. The Bertz CT molecular complexity index is 815. The summed E-state index contributed by atoms with van der Waals surface area (Å²) >= 11 is 0. The zero-order chi connectivity index (χ0) is 16.8. The van der Waals surface area contributed by atoms with Gasteiger partial charge in [0.2, 0.25) is 0 Å². The number of methoxy groups -OCH3 is 1. The lowest BCUT2D eigenvalue weighted by Crippen LogP contribution is -2.25. The van der Waals surface area contributed by atoms with Crippen molar-refractivity contribution in [2.75, 3.05) is 13.7 Å². The molecule has 6 heteroatoms. The fourth-order valence-corrected chi connectivity index (χ4v) is 2.22. The first-order chi connectivity index (χ1) is 11.8. The van der Waals surface area contributed by atoms with E-state index in [4.69, 9.17) is 9.15 Å². The summed E-state index contributed by atoms with van der Waals surface area (Å²) < 4.78 is 10.1. The number of nitrogens with zero attached hydrogens (tertiary/aromatic N) is 2. The second-order valence-electron chi connectivity index (χ2n) is 5.05. The number of benzene rings is 1. The van der Waals surface area contributed by atoms with Crippen LogP contribution in [0.2, 0.25) is 0 Å². The first-order valence-corrected chi connectivity index (χ1v) is 7.55. The van der Waals surface area contributed by atoms with Gasteiger partial charge in [-0.15, -0.1) is 0 Å². The van der Waals surface area contributed by atoms with Crippen LogP contribution in [0.15, 0.2) is 59.1 Å². The molecule has 0 atom stereocenters. The molecule has 2 aromatic heterocycles. The maximum Gasteiger partial charge on any atom is 0.287 e. The Kier molecular flexibility index (Phi) is 4.86. The molecule has 0 fully saturated rings. The van der Waals surface area contributed by atoms with Crippen LogP contribution in [0.5, 0.6) is 5.95 Å². The molecule has 2 heterocycles. The minimum Gasteiger partial charge on any atom is -0.468 e. The highest BCUT2D eigenvalue weighted by Gasteiger charge is 2.11. The zero-order valence-corrected chi connectivity index (χ0v) is 13.2. The summed E-state index contributed by atoms with van der Waals surface area (Å²) in [5.41, 5.74) is 1.90. The van der Waals surface area contributed by atoms with E-state index >= 15 is 0 Å². The number of aromatic nitrogens is 2. The van der Waals surface area contributed by atoms with Gasteiger partial charge in [-0.25, -0.2) is 9.97 Å². The summed E-state index contributed by atoms with van der Waals surface area (Å²) in [6.45, 7) is 0.417. The smallest absolute Gasteiger partial charge is 0.287 e. The van der Waals surface area contributed by atoms with Crippen LogP contribution in [0, 0.1) is 0 Å². The number of carbonyl (C=O) groups is 1. The molecular formula is C18H17N3O3. The van der Waals surface area contributed by atoms with Crippen molar-refractivity contribution in [2.24, 2.45) is 0 Å². The summed E-state index contributed by atoms with van der Waals surface area (Å²) in [5.74, 6) is 0.899. The number of hydrogen-bond donors (Lipinski definition) is 1. The average molecular weight is 323 g/mol. The molecule has 122 valence electrons. The van der Waals surface area contributed by atoms with Gasteiger partial charge in [0.1, 0.15) is 5.82 Å². The van der Waals surface area contributed by atoms with Crippen LogP contribution in [-0.2, 0) is 6.42 Å². The first kappa shape index (κ1) is 15.7. The van der Waals surface area contributed by atoms with Crippen molar-refractivity contribution < 1.29 is 13.9 Å². The molecule has 0 aliphatic heterocycles. The second-order valence-corrected chi connectivity index (χ2v) is 5.05. The van der Waals surface area contributed by atoms with Gasteiger partial charge in [-0.3, -0.25) is 4.79 Å². The number of carbonyl (C=O) groups excluding carboxylic acids is 1. The third kappa shape index (κ3) is 3.78. The largest absolute Gasteiger partial charge is 0.468 e. The van der Waals surface area contributed by atoms with Gasteiger partial charge < -0.3 is 14.5 Å². The third-order valence-corrected chi connectivity index (χ3v) is 3.42. The maximum absolute atomic E-state index is 12.0. The van der Waals surface area contributed by atoms with Crippen molar-refractivity contribution in [3.8, 4) is 17.2 Å². The van der Waals surface area contributed by atoms with Crippen LogP contribution in [0.4, 0.5) is 0 Å². The number of nitrogens with one attached hydrogen (secondary N) is 1. The van der Waals surface area contributed by atoms with Crippen LogP contribution >= 0.6 is 0 Å². The maximum atomic E-state index is 12.0. The third-order valence-electron chi connectivity index (χ3n) is 3.42. The minimum atomic E-state index is -0.294. The Morgan fingerprint density at radius 3 is 2.75 bits per heavy atom. The topological polar surface area (TPSA) is 77.2 Å². The minimum absolute atomic E-state index is 0.214. The van der Waals surface area contributed by atoms with E-state index in [9.17, 15) is 4.79 Å². The van der Waals surface area contributed by atoms with Gasteiger partial charge in [0.25, 0.3) is 11.9 Å². The molecule has 24 heavy (non-hydrogen) atoms. The molecule has 0 spiro atoms. The molecule has 0 aliphatic carbocycles. The fraction of sp³-hybridized carbons (Fsp3) is 0.167. The molecule has 1 amide bonds. The summed E-state index contributed by atoms with van der Waals surface area (Å²) in [6.07, 6.45) is 2.26. The van der Waals surface area contributed by atoms with E-state index in [1.54, 1.807) is 18.3 Å². The van der Waals surface area contributed by atoms with Crippen molar-refractivity contribution in [3.05, 3.63) is 66.3 Å². The predicted molar refractivity (Wildman–Crippen MR) is 88.8 cm³/mol. The molecule has 0 radical (unpaired) electrons. The van der Waals surface area contributed by atoms with Crippen LogP contribution in [0.25, 0.3) is 11.3 Å². The Balaban J connectivity index is 1.58. The molecule has 3 rings (SSSR count). The van der Waals surface area contributed by atoms with Gasteiger partial charge >= 0.3 is 0 Å². The van der Waals surface area contributed by atoms with E-state index in [0.29, 0.717) is 24.7 Å². The molecule has 0 saturated heterocycles. The number of hydrogen-bond acceptors (Lipinski definition) is 5. The molecule has 6 nitrogen and oxygen atoms in total. The molecule has 1 N–H and O–H groups in total. The van der Waals surface area contributed by atoms with Gasteiger partial charge in [-0.2, -0.15) is 0 Å². The Morgan fingerprint density at radius 1 is 1.17 bits per heavy atom. The van der Waals surface area contributed by atoms with Crippen molar-refractivity contribution in [2.45, 2.75) is 6.42 Å². The monoisotopic (exact) mass is 323 g/mol. The van der Waals surface area contributed by atoms with Crippen LogP contribution < -0.4 is 10.1 Å². The lowest BCUT2D eigenvalue weighted by atomic mass is 10.1. The van der Waals surface area contributed by atoms with E-state index in [2.05, 4.69) is 15.3 Å². The number of rotatable bonds is 6. The Morgan fingerprint density at radius 2 is 2.00 bits per heavy atom. The quantitative estimate of drug-likeness (QED) is 0.755. The number of furan rings is 1. The molecule has 0 bridgehead atoms.